The minimum atomic E-state index is -0.248. The van der Waals surface area contributed by atoms with Gasteiger partial charge in [0.2, 0.25) is 5.91 Å². The average molecular weight is 339 g/mol. The first kappa shape index (κ1) is 19.2. The molecule has 23 heavy (non-hydrogen) atoms. The highest BCUT2D eigenvalue weighted by molar-refractivity contribution is 5.85. The molecule has 0 saturated carbocycles. The van der Waals surface area contributed by atoms with E-state index in [4.69, 9.17) is 10.5 Å². The standard InChI is InChI=1S/C16H22N4O2.ClH/c1-12(19-16(21)10-15(11-17)22-2)13-5-3-6-14(9-13)20-8-4-7-18-20;/h3-9,12,15H,10-11,17H2,1-2H3,(H,19,21);1H. The van der Waals surface area contributed by atoms with E-state index < -0.39 is 0 Å². The maximum absolute atomic E-state index is 12.0. The molecule has 7 heteroatoms. The van der Waals surface area contributed by atoms with E-state index in [-0.39, 0.29) is 36.9 Å². The number of carbonyl (C=O) groups is 1. The molecule has 3 N–H and O–H groups in total. The van der Waals surface area contributed by atoms with E-state index in [9.17, 15) is 4.79 Å². The van der Waals surface area contributed by atoms with Gasteiger partial charge in [-0.2, -0.15) is 5.10 Å². The lowest BCUT2D eigenvalue weighted by molar-refractivity contribution is -0.124. The second-order valence-electron chi connectivity index (χ2n) is 5.13. The van der Waals surface area contributed by atoms with E-state index in [1.807, 2.05) is 43.5 Å². The summed E-state index contributed by atoms with van der Waals surface area (Å²) in [5.74, 6) is -0.0747. The largest absolute Gasteiger partial charge is 0.380 e. The number of amides is 1. The smallest absolute Gasteiger partial charge is 0.223 e. The van der Waals surface area contributed by atoms with Gasteiger partial charge in [-0.25, -0.2) is 4.68 Å². The first-order chi connectivity index (χ1) is 10.6. The van der Waals surface area contributed by atoms with Crippen LogP contribution in [-0.4, -0.2) is 35.4 Å². The van der Waals surface area contributed by atoms with E-state index in [0.717, 1.165) is 11.3 Å². The number of methoxy groups -OCH3 is 1. The van der Waals surface area contributed by atoms with Crippen molar-refractivity contribution in [1.29, 1.82) is 0 Å². The first-order valence-electron chi connectivity index (χ1n) is 7.26. The van der Waals surface area contributed by atoms with Crippen LogP contribution in [0.25, 0.3) is 5.69 Å². The Morgan fingerprint density at radius 2 is 2.22 bits per heavy atom. The zero-order valence-electron chi connectivity index (χ0n) is 13.3. The Hall–Kier alpha value is -1.89. The third kappa shape index (κ3) is 5.35. The van der Waals surface area contributed by atoms with Crippen LogP contribution in [0.5, 0.6) is 0 Å². The van der Waals surface area contributed by atoms with Crippen LogP contribution in [0.1, 0.15) is 24.9 Å². The molecular weight excluding hydrogens is 316 g/mol. The number of hydrogen-bond donors (Lipinski definition) is 2. The molecule has 2 rings (SSSR count). The van der Waals surface area contributed by atoms with Gasteiger partial charge >= 0.3 is 0 Å². The van der Waals surface area contributed by atoms with Crippen molar-refractivity contribution in [3.8, 4) is 5.69 Å². The normalized spacial score (nSPS) is 13.0. The van der Waals surface area contributed by atoms with E-state index in [0.29, 0.717) is 6.54 Å². The molecular formula is C16H23ClN4O2. The lowest BCUT2D eigenvalue weighted by atomic mass is 10.1. The van der Waals surface area contributed by atoms with Crippen LogP contribution in [0, 0.1) is 0 Å². The topological polar surface area (TPSA) is 82.2 Å². The van der Waals surface area contributed by atoms with Crippen molar-refractivity contribution in [2.45, 2.75) is 25.5 Å². The summed E-state index contributed by atoms with van der Waals surface area (Å²) in [6.45, 7) is 2.28. The summed E-state index contributed by atoms with van der Waals surface area (Å²) in [7, 11) is 1.56. The van der Waals surface area contributed by atoms with Crippen molar-refractivity contribution in [2.75, 3.05) is 13.7 Å². The zero-order valence-corrected chi connectivity index (χ0v) is 14.1. The van der Waals surface area contributed by atoms with Gasteiger partial charge in [0.1, 0.15) is 0 Å². The number of ether oxygens (including phenoxy) is 1. The fourth-order valence-corrected chi connectivity index (χ4v) is 2.21. The van der Waals surface area contributed by atoms with Gasteiger partial charge in [-0.1, -0.05) is 12.1 Å². The SMILES string of the molecule is COC(CN)CC(=O)NC(C)c1cccc(-n2cccn2)c1.Cl. The third-order valence-electron chi connectivity index (χ3n) is 3.53. The molecule has 2 aromatic rings. The van der Waals surface area contributed by atoms with Crippen LogP contribution < -0.4 is 11.1 Å². The van der Waals surface area contributed by atoms with Crippen molar-refractivity contribution in [3.63, 3.8) is 0 Å². The lowest BCUT2D eigenvalue weighted by Crippen LogP contribution is -2.33. The van der Waals surface area contributed by atoms with Crippen LogP contribution in [-0.2, 0) is 9.53 Å². The van der Waals surface area contributed by atoms with Gasteiger partial charge in [0.05, 0.1) is 24.3 Å². The summed E-state index contributed by atoms with van der Waals surface area (Å²) >= 11 is 0. The zero-order chi connectivity index (χ0) is 15.9. The third-order valence-corrected chi connectivity index (χ3v) is 3.53. The summed E-state index contributed by atoms with van der Waals surface area (Å²) in [6, 6.07) is 9.69. The summed E-state index contributed by atoms with van der Waals surface area (Å²) in [4.78, 5) is 12.0. The van der Waals surface area contributed by atoms with Crippen molar-refractivity contribution >= 4 is 18.3 Å². The molecule has 1 amide bonds. The van der Waals surface area contributed by atoms with Crippen molar-refractivity contribution < 1.29 is 9.53 Å². The molecule has 0 saturated heterocycles. The van der Waals surface area contributed by atoms with Crippen LogP contribution in [0.2, 0.25) is 0 Å². The van der Waals surface area contributed by atoms with Gasteiger partial charge in [-0.15, -0.1) is 12.4 Å². The summed E-state index contributed by atoms with van der Waals surface area (Å²) < 4.78 is 6.91. The Balaban J connectivity index is 0.00000264. The number of hydrogen-bond acceptors (Lipinski definition) is 4. The molecule has 0 bridgehead atoms. The predicted molar refractivity (Wildman–Crippen MR) is 91.8 cm³/mol. The number of nitrogens with zero attached hydrogens (tertiary/aromatic N) is 2. The molecule has 0 radical (unpaired) electrons. The predicted octanol–water partition coefficient (Wildman–Crippen LogP) is 1.84. The Bertz CT molecular complexity index is 600. The highest BCUT2D eigenvalue weighted by atomic mass is 35.5. The second-order valence-corrected chi connectivity index (χ2v) is 5.13. The van der Waals surface area contributed by atoms with Crippen LogP contribution >= 0.6 is 12.4 Å². The van der Waals surface area contributed by atoms with Crippen molar-refractivity contribution in [1.82, 2.24) is 15.1 Å². The van der Waals surface area contributed by atoms with Crippen molar-refractivity contribution in [2.24, 2.45) is 5.73 Å². The van der Waals surface area contributed by atoms with Crippen molar-refractivity contribution in [3.05, 3.63) is 48.3 Å². The minimum Gasteiger partial charge on any atom is -0.380 e. The summed E-state index contributed by atoms with van der Waals surface area (Å²) in [6.07, 6.45) is 3.63. The molecule has 6 nitrogen and oxygen atoms in total. The number of rotatable bonds is 7. The van der Waals surface area contributed by atoms with Gasteiger partial charge in [0.25, 0.3) is 0 Å². The number of benzene rings is 1. The highest BCUT2D eigenvalue weighted by Gasteiger charge is 2.15. The summed E-state index contributed by atoms with van der Waals surface area (Å²) in [5.41, 5.74) is 7.51. The fraction of sp³-hybridized carbons (Fsp3) is 0.375. The van der Waals surface area contributed by atoms with Crippen LogP contribution in [0.4, 0.5) is 0 Å². The van der Waals surface area contributed by atoms with Gasteiger partial charge in [-0.3, -0.25) is 4.79 Å². The maximum atomic E-state index is 12.0. The Labute approximate surface area is 142 Å². The number of carbonyl (C=O) groups excluding carboxylic acids is 1. The molecule has 0 fully saturated rings. The van der Waals surface area contributed by atoms with E-state index in [1.54, 1.807) is 18.0 Å². The van der Waals surface area contributed by atoms with E-state index >= 15 is 0 Å². The minimum absolute atomic E-state index is 0. The Morgan fingerprint density at radius 1 is 1.43 bits per heavy atom. The monoisotopic (exact) mass is 338 g/mol. The quantitative estimate of drug-likeness (QED) is 0.807. The lowest BCUT2D eigenvalue weighted by Gasteiger charge is -2.18. The number of nitrogens with one attached hydrogen (secondary N) is 1. The maximum Gasteiger partial charge on any atom is 0.223 e. The molecule has 2 atom stereocenters. The highest BCUT2D eigenvalue weighted by Crippen LogP contribution is 2.16. The molecule has 2 unspecified atom stereocenters. The van der Waals surface area contributed by atoms with Gasteiger partial charge in [-0.05, 0) is 30.7 Å². The number of halogens is 1. The average Bonchev–Trinajstić information content (AvgIpc) is 3.07. The molecule has 1 aromatic heterocycles. The van der Waals surface area contributed by atoms with Crippen LogP contribution in [0.3, 0.4) is 0 Å². The molecule has 126 valence electrons. The van der Waals surface area contributed by atoms with Gasteiger partial charge in [0, 0.05) is 26.0 Å². The summed E-state index contributed by atoms with van der Waals surface area (Å²) in [5, 5.41) is 7.17. The van der Waals surface area contributed by atoms with E-state index in [1.165, 1.54) is 0 Å². The second kappa shape index (κ2) is 9.29. The van der Waals surface area contributed by atoms with Gasteiger partial charge < -0.3 is 15.8 Å². The van der Waals surface area contributed by atoms with E-state index in [2.05, 4.69) is 10.4 Å². The Morgan fingerprint density at radius 3 is 2.83 bits per heavy atom. The molecule has 1 heterocycles. The fourth-order valence-electron chi connectivity index (χ4n) is 2.21. The number of aromatic nitrogens is 2. The molecule has 0 spiro atoms. The first-order valence-corrected chi connectivity index (χ1v) is 7.26. The van der Waals surface area contributed by atoms with Crippen LogP contribution in [0.15, 0.2) is 42.7 Å². The molecule has 1 aromatic carbocycles. The molecule has 0 aliphatic heterocycles. The Kier molecular flexibility index (Phi) is 7.74. The van der Waals surface area contributed by atoms with Gasteiger partial charge in [0.15, 0.2) is 0 Å². The molecule has 0 aliphatic rings. The molecule has 0 aliphatic carbocycles. The number of nitrogens with two attached hydrogens (primary N) is 1.